The summed E-state index contributed by atoms with van der Waals surface area (Å²) in [5, 5.41) is 9.58. The third kappa shape index (κ3) is 2.34. The van der Waals surface area contributed by atoms with E-state index in [9.17, 15) is 9.59 Å². The average Bonchev–Trinajstić information content (AvgIpc) is 2.27. The molecule has 2 aromatic rings. The number of fused-ring (bicyclic) bond motifs is 1. The number of pyridine rings is 1. The number of nitrogens with two attached hydrogens (primary N) is 1. The number of benzene rings is 1. The van der Waals surface area contributed by atoms with Gasteiger partial charge in [-0.05, 0) is 12.1 Å². The molecule has 1 aromatic carbocycles. The first-order valence-corrected chi connectivity index (χ1v) is 4.52. The van der Waals surface area contributed by atoms with Gasteiger partial charge in [-0.3, -0.25) is 4.79 Å². The Balaban J connectivity index is 0.00000144. The van der Waals surface area contributed by atoms with Crippen molar-refractivity contribution < 1.29 is 14.7 Å². The van der Waals surface area contributed by atoms with Gasteiger partial charge in [0.15, 0.2) is 0 Å². The molecule has 0 unspecified atom stereocenters. The van der Waals surface area contributed by atoms with E-state index in [0.717, 1.165) is 0 Å². The number of hydrogen-bond acceptors (Lipinski definition) is 3. The summed E-state index contributed by atoms with van der Waals surface area (Å²) in [5.41, 5.74) is 5.23. The van der Waals surface area contributed by atoms with Crippen molar-refractivity contribution in [2.75, 3.05) is 0 Å². The number of primary amides is 1. The number of halogens is 1. The van der Waals surface area contributed by atoms with Gasteiger partial charge in [-0.1, -0.05) is 18.2 Å². The zero-order valence-corrected chi connectivity index (χ0v) is 9.40. The number of hydrogen-bond donors (Lipinski definition) is 2. The highest BCUT2D eigenvalue weighted by atomic mass is 35.5. The monoisotopic (exact) mass is 252 g/mol. The van der Waals surface area contributed by atoms with Gasteiger partial charge in [0.25, 0.3) is 5.91 Å². The van der Waals surface area contributed by atoms with Gasteiger partial charge in [-0.25, -0.2) is 9.78 Å². The van der Waals surface area contributed by atoms with Gasteiger partial charge in [0.05, 0.1) is 11.1 Å². The Kier molecular flexibility index (Phi) is 3.65. The molecule has 0 saturated heterocycles. The molecule has 2 rings (SSSR count). The second-order valence-electron chi connectivity index (χ2n) is 3.25. The van der Waals surface area contributed by atoms with Crippen molar-refractivity contribution in [1.82, 2.24) is 4.98 Å². The summed E-state index contributed by atoms with van der Waals surface area (Å²) >= 11 is 0. The van der Waals surface area contributed by atoms with Crippen LogP contribution in [0.2, 0.25) is 0 Å². The number of carboxylic acids is 1. The van der Waals surface area contributed by atoms with E-state index in [4.69, 9.17) is 10.8 Å². The second kappa shape index (κ2) is 4.80. The predicted molar refractivity (Wildman–Crippen MR) is 64.5 cm³/mol. The molecule has 0 aliphatic heterocycles. The van der Waals surface area contributed by atoms with E-state index >= 15 is 0 Å². The molecular weight excluding hydrogens is 244 g/mol. The molecule has 0 bridgehead atoms. The van der Waals surface area contributed by atoms with Crippen LogP contribution in [0.3, 0.4) is 0 Å². The number of carbonyl (C=O) groups excluding carboxylic acids is 1. The first-order chi connectivity index (χ1) is 7.59. The Bertz CT molecular complexity index is 546. The minimum Gasteiger partial charge on any atom is -0.478 e. The van der Waals surface area contributed by atoms with E-state index in [1.54, 1.807) is 24.3 Å². The van der Waals surface area contributed by atoms with E-state index in [2.05, 4.69) is 4.98 Å². The van der Waals surface area contributed by atoms with E-state index in [1.165, 1.54) is 6.07 Å². The minimum absolute atomic E-state index is 0. The Morgan fingerprint density at radius 2 is 1.88 bits per heavy atom. The Hall–Kier alpha value is -2.14. The molecule has 0 saturated carbocycles. The van der Waals surface area contributed by atoms with Crippen LogP contribution in [0.4, 0.5) is 0 Å². The SMILES string of the molecule is Cl.NC(=O)c1nc2ccccc2cc1C(=O)O. The maximum absolute atomic E-state index is 11.1. The van der Waals surface area contributed by atoms with Crippen molar-refractivity contribution in [3.05, 3.63) is 41.6 Å². The lowest BCUT2D eigenvalue weighted by Gasteiger charge is -2.03. The van der Waals surface area contributed by atoms with Crippen LogP contribution in [-0.2, 0) is 0 Å². The van der Waals surface area contributed by atoms with Crippen molar-refractivity contribution >= 4 is 35.2 Å². The highest BCUT2D eigenvalue weighted by Crippen LogP contribution is 2.16. The molecule has 0 aliphatic carbocycles. The first-order valence-electron chi connectivity index (χ1n) is 4.52. The molecule has 0 fully saturated rings. The van der Waals surface area contributed by atoms with Crippen LogP contribution >= 0.6 is 12.4 Å². The molecule has 88 valence electrons. The number of carbonyl (C=O) groups is 2. The maximum atomic E-state index is 11.1. The molecule has 1 heterocycles. The van der Waals surface area contributed by atoms with Crippen LogP contribution in [0, 0.1) is 0 Å². The number of rotatable bonds is 2. The minimum atomic E-state index is -1.22. The maximum Gasteiger partial charge on any atom is 0.338 e. The smallest absolute Gasteiger partial charge is 0.338 e. The van der Waals surface area contributed by atoms with Crippen LogP contribution in [0.5, 0.6) is 0 Å². The third-order valence-corrected chi connectivity index (χ3v) is 2.19. The summed E-state index contributed by atoms with van der Waals surface area (Å²) < 4.78 is 0. The van der Waals surface area contributed by atoms with Gasteiger partial charge in [0.2, 0.25) is 0 Å². The standard InChI is InChI=1S/C11H8N2O3.ClH/c12-10(14)9-7(11(15)16)5-6-3-1-2-4-8(6)13-9;/h1-5H,(H2,12,14)(H,15,16);1H. The molecule has 5 nitrogen and oxygen atoms in total. The van der Waals surface area contributed by atoms with Gasteiger partial charge < -0.3 is 10.8 Å². The Labute approximate surface area is 103 Å². The molecule has 17 heavy (non-hydrogen) atoms. The van der Waals surface area contributed by atoms with Crippen LogP contribution in [0.1, 0.15) is 20.8 Å². The Morgan fingerprint density at radius 3 is 2.47 bits per heavy atom. The van der Waals surface area contributed by atoms with Crippen LogP contribution < -0.4 is 5.73 Å². The van der Waals surface area contributed by atoms with Crippen LogP contribution in [-0.4, -0.2) is 22.0 Å². The third-order valence-electron chi connectivity index (χ3n) is 2.19. The topological polar surface area (TPSA) is 93.3 Å². The molecule has 0 atom stereocenters. The fourth-order valence-corrected chi connectivity index (χ4v) is 1.47. The lowest BCUT2D eigenvalue weighted by molar-refractivity contribution is 0.0691. The molecule has 3 N–H and O–H groups in total. The molecular formula is C11H9ClN2O3. The number of aromatic carboxylic acids is 1. The van der Waals surface area contributed by atoms with E-state index in [-0.39, 0.29) is 23.7 Å². The first kappa shape index (κ1) is 12.9. The van der Waals surface area contributed by atoms with E-state index in [1.807, 2.05) is 0 Å². The molecule has 1 aromatic heterocycles. The van der Waals surface area contributed by atoms with Crippen molar-refractivity contribution in [1.29, 1.82) is 0 Å². The predicted octanol–water partition coefficient (Wildman–Crippen LogP) is 1.45. The normalized spacial score (nSPS) is 9.65. The summed E-state index contributed by atoms with van der Waals surface area (Å²) in [6.07, 6.45) is 0. The molecule has 0 radical (unpaired) electrons. The van der Waals surface area contributed by atoms with Gasteiger partial charge >= 0.3 is 5.97 Å². The van der Waals surface area contributed by atoms with Crippen LogP contribution in [0.15, 0.2) is 30.3 Å². The average molecular weight is 253 g/mol. The highest BCUT2D eigenvalue weighted by Gasteiger charge is 2.16. The summed E-state index contributed by atoms with van der Waals surface area (Å²) in [6, 6.07) is 8.32. The van der Waals surface area contributed by atoms with Crippen molar-refractivity contribution in [3.8, 4) is 0 Å². The zero-order valence-electron chi connectivity index (χ0n) is 8.58. The lowest BCUT2D eigenvalue weighted by atomic mass is 10.1. The quantitative estimate of drug-likeness (QED) is 0.846. The zero-order chi connectivity index (χ0) is 11.7. The number of carboxylic acid groups (broad SMARTS) is 1. The van der Waals surface area contributed by atoms with Crippen LogP contribution in [0.25, 0.3) is 10.9 Å². The summed E-state index contributed by atoms with van der Waals surface area (Å²) in [7, 11) is 0. The van der Waals surface area contributed by atoms with Gasteiger partial charge in [0, 0.05) is 5.39 Å². The Morgan fingerprint density at radius 1 is 1.24 bits per heavy atom. The number of para-hydroxylation sites is 1. The molecule has 0 aliphatic rings. The fourth-order valence-electron chi connectivity index (χ4n) is 1.47. The lowest BCUT2D eigenvalue weighted by Crippen LogP contribution is -2.18. The number of nitrogens with zero attached hydrogens (tertiary/aromatic N) is 1. The van der Waals surface area contributed by atoms with Gasteiger partial charge in [0.1, 0.15) is 5.69 Å². The van der Waals surface area contributed by atoms with Crippen molar-refractivity contribution in [2.24, 2.45) is 5.73 Å². The summed E-state index contributed by atoms with van der Waals surface area (Å²) in [5.74, 6) is -2.06. The second-order valence-corrected chi connectivity index (χ2v) is 3.25. The van der Waals surface area contributed by atoms with E-state index < -0.39 is 11.9 Å². The molecule has 6 heteroatoms. The summed E-state index contributed by atoms with van der Waals surface area (Å²) in [6.45, 7) is 0. The van der Waals surface area contributed by atoms with Gasteiger partial charge in [-0.2, -0.15) is 0 Å². The largest absolute Gasteiger partial charge is 0.478 e. The summed E-state index contributed by atoms with van der Waals surface area (Å²) in [4.78, 5) is 25.9. The highest BCUT2D eigenvalue weighted by molar-refractivity contribution is 6.05. The van der Waals surface area contributed by atoms with Gasteiger partial charge in [-0.15, -0.1) is 12.4 Å². The number of amides is 1. The molecule has 0 spiro atoms. The van der Waals surface area contributed by atoms with Crippen molar-refractivity contribution in [3.63, 3.8) is 0 Å². The van der Waals surface area contributed by atoms with E-state index in [0.29, 0.717) is 10.9 Å². The fraction of sp³-hybridized carbons (Fsp3) is 0. The van der Waals surface area contributed by atoms with Crippen molar-refractivity contribution in [2.45, 2.75) is 0 Å². The number of aromatic nitrogens is 1. The molecule has 1 amide bonds.